The van der Waals surface area contributed by atoms with E-state index >= 15 is 0 Å². The highest BCUT2D eigenvalue weighted by Crippen LogP contribution is 2.38. The third kappa shape index (κ3) is 4.93. The number of anilines is 1. The van der Waals surface area contributed by atoms with Crippen LogP contribution in [0.2, 0.25) is 0 Å². The summed E-state index contributed by atoms with van der Waals surface area (Å²) in [6.45, 7) is 2.99. The number of halogens is 1. The molecule has 0 radical (unpaired) electrons. The monoisotopic (exact) mass is 322 g/mol. The van der Waals surface area contributed by atoms with E-state index in [0.29, 0.717) is 31.0 Å². The molecule has 1 saturated carbocycles. The van der Waals surface area contributed by atoms with E-state index in [2.05, 4.69) is 5.32 Å². The van der Waals surface area contributed by atoms with Crippen LogP contribution in [-0.2, 0) is 4.79 Å². The van der Waals surface area contributed by atoms with Crippen molar-refractivity contribution in [3.63, 3.8) is 0 Å². The molecule has 4 nitrogen and oxygen atoms in total. The van der Waals surface area contributed by atoms with E-state index in [1.165, 1.54) is 18.6 Å². The molecule has 1 aromatic rings. The van der Waals surface area contributed by atoms with Crippen molar-refractivity contribution in [2.75, 3.05) is 18.5 Å². The molecule has 0 unspecified atom stereocenters. The predicted molar refractivity (Wildman–Crippen MR) is 90.0 cm³/mol. The normalized spacial score (nSPS) is 16.8. The van der Waals surface area contributed by atoms with Crippen LogP contribution in [0, 0.1) is 11.2 Å². The summed E-state index contributed by atoms with van der Waals surface area (Å²) in [5, 5.41) is 2.87. The molecule has 128 valence electrons. The van der Waals surface area contributed by atoms with E-state index in [1.807, 2.05) is 6.92 Å². The lowest BCUT2D eigenvalue weighted by atomic mass is 9.71. The summed E-state index contributed by atoms with van der Waals surface area (Å²) in [5.74, 6) is -0.0734. The fourth-order valence-corrected chi connectivity index (χ4v) is 3.22. The molecule has 1 fully saturated rings. The van der Waals surface area contributed by atoms with Crippen LogP contribution in [0.1, 0.15) is 51.9 Å². The maximum Gasteiger partial charge on any atom is 0.225 e. The Morgan fingerprint density at radius 3 is 2.74 bits per heavy atom. The topological polar surface area (TPSA) is 64.3 Å². The molecular formula is C18H27FN2O2. The number of carbonyl (C=O) groups is 1. The van der Waals surface area contributed by atoms with E-state index in [0.717, 1.165) is 32.1 Å². The van der Waals surface area contributed by atoms with Crippen LogP contribution in [0.4, 0.5) is 10.1 Å². The molecule has 0 aliphatic heterocycles. The van der Waals surface area contributed by atoms with Gasteiger partial charge in [-0.2, -0.15) is 0 Å². The van der Waals surface area contributed by atoms with Crippen LogP contribution in [0.25, 0.3) is 0 Å². The Hall–Kier alpha value is -1.62. The SMILES string of the molecule is CCCOc1cc(F)ccc1NC(=O)CC1(CN)CCCCC1. The van der Waals surface area contributed by atoms with Gasteiger partial charge < -0.3 is 15.8 Å². The van der Waals surface area contributed by atoms with Crippen molar-refractivity contribution in [2.24, 2.45) is 11.1 Å². The Morgan fingerprint density at radius 1 is 1.35 bits per heavy atom. The number of rotatable bonds is 7. The minimum Gasteiger partial charge on any atom is -0.491 e. The summed E-state index contributed by atoms with van der Waals surface area (Å²) in [6.07, 6.45) is 6.71. The van der Waals surface area contributed by atoms with Gasteiger partial charge in [0.05, 0.1) is 12.3 Å². The van der Waals surface area contributed by atoms with E-state index in [1.54, 1.807) is 6.07 Å². The van der Waals surface area contributed by atoms with Gasteiger partial charge in [-0.1, -0.05) is 26.2 Å². The molecule has 0 atom stereocenters. The van der Waals surface area contributed by atoms with Crippen LogP contribution >= 0.6 is 0 Å². The zero-order valence-corrected chi connectivity index (χ0v) is 13.9. The quantitative estimate of drug-likeness (QED) is 0.801. The van der Waals surface area contributed by atoms with E-state index in [-0.39, 0.29) is 17.1 Å². The van der Waals surface area contributed by atoms with Crippen molar-refractivity contribution in [3.05, 3.63) is 24.0 Å². The Morgan fingerprint density at radius 2 is 2.09 bits per heavy atom. The van der Waals surface area contributed by atoms with Crippen LogP contribution in [0.15, 0.2) is 18.2 Å². The third-order valence-electron chi connectivity index (χ3n) is 4.56. The molecule has 3 N–H and O–H groups in total. The number of carbonyl (C=O) groups excluding carboxylic acids is 1. The molecule has 0 aromatic heterocycles. The van der Waals surface area contributed by atoms with Crippen molar-refractivity contribution in [1.82, 2.24) is 0 Å². The van der Waals surface area contributed by atoms with Crippen molar-refractivity contribution in [1.29, 1.82) is 0 Å². The smallest absolute Gasteiger partial charge is 0.225 e. The average Bonchev–Trinajstić information content (AvgIpc) is 2.55. The van der Waals surface area contributed by atoms with Gasteiger partial charge in [-0.05, 0) is 43.4 Å². The largest absolute Gasteiger partial charge is 0.491 e. The molecule has 1 aromatic carbocycles. The number of nitrogens with one attached hydrogen (secondary N) is 1. The second-order valence-corrected chi connectivity index (χ2v) is 6.48. The van der Waals surface area contributed by atoms with Crippen molar-refractivity contribution in [2.45, 2.75) is 51.9 Å². The van der Waals surface area contributed by atoms with Crippen molar-refractivity contribution >= 4 is 11.6 Å². The number of hydrogen-bond donors (Lipinski definition) is 2. The van der Waals surface area contributed by atoms with Crippen LogP contribution in [-0.4, -0.2) is 19.1 Å². The second kappa shape index (κ2) is 8.29. The highest BCUT2D eigenvalue weighted by atomic mass is 19.1. The Balaban J connectivity index is 2.04. The maximum absolute atomic E-state index is 13.4. The van der Waals surface area contributed by atoms with Gasteiger partial charge in [0.1, 0.15) is 11.6 Å². The average molecular weight is 322 g/mol. The second-order valence-electron chi connectivity index (χ2n) is 6.48. The fraction of sp³-hybridized carbons (Fsp3) is 0.611. The van der Waals surface area contributed by atoms with Crippen molar-refractivity contribution < 1.29 is 13.9 Å². The number of benzene rings is 1. The molecule has 1 aliphatic carbocycles. The van der Waals surface area contributed by atoms with Crippen LogP contribution < -0.4 is 15.8 Å². The number of amides is 1. The minimum atomic E-state index is -0.375. The first-order valence-electron chi connectivity index (χ1n) is 8.51. The van der Waals surface area contributed by atoms with Gasteiger partial charge in [0.2, 0.25) is 5.91 Å². The van der Waals surface area contributed by atoms with Crippen LogP contribution in [0.3, 0.4) is 0 Å². The van der Waals surface area contributed by atoms with Gasteiger partial charge in [0, 0.05) is 12.5 Å². The minimum absolute atomic E-state index is 0.0784. The lowest BCUT2D eigenvalue weighted by Crippen LogP contribution is -2.36. The number of ether oxygens (including phenoxy) is 1. The van der Waals surface area contributed by atoms with E-state index in [9.17, 15) is 9.18 Å². The molecule has 1 amide bonds. The molecule has 5 heteroatoms. The first-order valence-corrected chi connectivity index (χ1v) is 8.51. The summed E-state index contributed by atoms with van der Waals surface area (Å²) in [6, 6.07) is 4.19. The highest BCUT2D eigenvalue weighted by Gasteiger charge is 2.33. The molecule has 1 aliphatic rings. The maximum atomic E-state index is 13.4. The predicted octanol–water partition coefficient (Wildman–Crippen LogP) is 3.85. The first kappa shape index (κ1) is 17.7. The summed E-state index contributed by atoms with van der Waals surface area (Å²) in [5.41, 5.74) is 6.37. The number of hydrogen-bond acceptors (Lipinski definition) is 3. The van der Waals surface area contributed by atoms with E-state index in [4.69, 9.17) is 10.5 Å². The van der Waals surface area contributed by atoms with Crippen LogP contribution in [0.5, 0.6) is 5.75 Å². The molecule has 0 heterocycles. The highest BCUT2D eigenvalue weighted by molar-refractivity contribution is 5.92. The molecule has 2 rings (SSSR count). The fourth-order valence-electron chi connectivity index (χ4n) is 3.22. The Kier molecular flexibility index (Phi) is 6.39. The van der Waals surface area contributed by atoms with Gasteiger partial charge in [-0.3, -0.25) is 4.79 Å². The van der Waals surface area contributed by atoms with Gasteiger partial charge in [0.25, 0.3) is 0 Å². The van der Waals surface area contributed by atoms with Gasteiger partial charge in [-0.25, -0.2) is 4.39 Å². The summed E-state index contributed by atoms with van der Waals surface area (Å²) in [7, 11) is 0. The van der Waals surface area contributed by atoms with Gasteiger partial charge in [-0.15, -0.1) is 0 Å². The van der Waals surface area contributed by atoms with E-state index < -0.39 is 0 Å². The molecule has 0 spiro atoms. The molecule has 0 bridgehead atoms. The lowest BCUT2D eigenvalue weighted by molar-refractivity contribution is -0.118. The summed E-state index contributed by atoms with van der Waals surface area (Å²) >= 11 is 0. The first-order chi connectivity index (χ1) is 11.1. The van der Waals surface area contributed by atoms with Crippen molar-refractivity contribution in [3.8, 4) is 5.75 Å². The summed E-state index contributed by atoms with van der Waals surface area (Å²) < 4.78 is 18.9. The standard InChI is InChI=1S/C18H27FN2O2/c1-2-10-23-16-11-14(19)6-7-15(16)21-17(22)12-18(13-20)8-4-3-5-9-18/h6-7,11H,2-5,8-10,12-13,20H2,1H3,(H,21,22). The Labute approximate surface area is 137 Å². The number of nitrogens with two attached hydrogens (primary N) is 1. The zero-order chi connectivity index (χ0) is 16.7. The molecular weight excluding hydrogens is 295 g/mol. The third-order valence-corrected chi connectivity index (χ3v) is 4.56. The summed E-state index contributed by atoms with van der Waals surface area (Å²) in [4.78, 5) is 12.4. The van der Waals surface area contributed by atoms with Gasteiger partial charge >= 0.3 is 0 Å². The zero-order valence-electron chi connectivity index (χ0n) is 13.9. The lowest BCUT2D eigenvalue weighted by Gasteiger charge is -2.35. The van der Waals surface area contributed by atoms with Gasteiger partial charge in [0.15, 0.2) is 0 Å². The Bertz CT molecular complexity index is 528. The molecule has 23 heavy (non-hydrogen) atoms. The molecule has 0 saturated heterocycles.